The van der Waals surface area contributed by atoms with Gasteiger partial charge in [0.25, 0.3) is 0 Å². The second-order valence-electron chi connectivity index (χ2n) is 7.18. The second-order valence-corrected chi connectivity index (χ2v) is 8.02. The van der Waals surface area contributed by atoms with Crippen molar-refractivity contribution in [2.45, 2.75) is 58.4 Å². The SMILES string of the molecule is CC(C)(C(=O)NCCc1ccc(Cl)cc1Cl)C(=O)NC1CCCCC1. The van der Waals surface area contributed by atoms with Crippen LogP contribution in [0.2, 0.25) is 10.0 Å². The van der Waals surface area contributed by atoms with E-state index >= 15 is 0 Å². The summed E-state index contributed by atoms with van der Waals surface area (Å²) in [5.41, 5.74) is -0.183. The standard InChI is InChI=1S/C19H26Cl2N2O2/c1-19(2,18(25)23-15-6-4-3-5-7-15)17(24)22-11-10-13-8-9-14(20)12-16(13)21/h8-9,12,15H,3-7,10-11H2,1-2H3,(H,22,24)(H,23,25). The topological polar surface area (TPSA) is 58.2 Å². The first-order valence-electron chi connectivity index (χ1n) is 8.84. The van der Waals surface area contributed by atoms with E-state index in [2.05, 4.69) is 10.6 Å². The first-order chi connectivity index (χ1) is 11.8. The van der Waals surface area contributed by atoms with Crippen LogP contribution in [0.3, 0.4) is 0 Å². The lowest BCUT2D eigenvalue weighted by Gasteiger charge is -2.28. The fourth-order valence-corrected chi connectivity index (χ4v) is 3.47. The Hall–Kier alpha value is -1.26. The van der Waals surface area contributed by atoms with Gasteiger partial charge in [-0.1, -0.05) is 48.5 Å². The summed E-state index contributed by atoms with van der Waals surface area (Å²) in [5.74, 6) is -0.479. The summed E-state index contributed by atoms with van der Waals surface area (Å²) in [7, 11) is 0. The number of halogens is 2. The van der Waals surface area contributed by atoms with E-state index in [0.717, 1.165) is 31.2 Å². The highest BCUT2D eigenvalue weighted by Crippen LogP contribution is 2.22. The van der Waals surface area contributed by atoms with Crippen LogP contribution in [-0.4, -0.2) is 24.4 Å². The molecule has 0 atom stereocenters. The van der Waals surface area contributed by atoms with E-state index in [1.54, 1.807) is 26.0 Å². The van der Waals surface area contributed by atoms with Crippen molar-refractivity contribution in [3.05, 3.63) is 33.8 Å². The lowest BCUT2D eigenvalue weighted by Crippen LogP contribution is -2.51. The Morgan fingerprint density at radius 1 is 1.12 bits per heavy atom. The van der Waals surface area contributed by atoms with Gasteiger partial charge >= 0.3 is 0 Å². The van der Waals surface area contributed by atoms with Crippen molar-refractivity contribution in [3.8, 4) is 0 Å². The minimum atomic E-state index is -1.10. The van der Waals surface area contributed by atoms with Gasteiger partial charge in [-0.2, -0.15) is 0 Å². The molecule has 1 aromatic rings. The summed E-state index contributed by atoms with van der Waals surface area (Å²) in [5, 5.41) is 7.03. The number of amides is 2. The normalized spacial score (nSPS) is 15.7. The summed E-state index contributed by atoms with van der Waals surface area (Å²) in [6.07, 6.45) is 6.08. The van der Waals surface area contributed by atoms with Crippen LogP contribution in [0.4, 0.5) is 0 Å². The fraction of sp³-hybridized carbons (Fsp3) is 0.579. The van der Waals surface area contributed by atoms with Crippen LogP contribution < -0.4 is 10.6 Å². The number of hydrogen-bond donors (Lipinski definition) is 2. The molecule has 2 N–H and O–H groups in total. The molecule has 6 heteroatoms. The minimum absolute atomic E-state index is 0.196. The van der Waals surface area contributed by atoms with Crippen LogP contribution in [0.5, 0.6) is 0 Å². The van der Waals surface area contributed by atoms with Crippen LogP contribution in [-0.2, 0) is 16.0 Å². The van der Waals surface area contributed by atoms with Crippen molar-refractivity contribution in [1.82, 2.24) is 10.6 Å². The van der Waals surface area contributed by atoms with Crippen LogP contribution in [0.25, 0.3) is 0 Å². The van der Waals surface area contributed by atoms with Gasteiger partial charge in [0, 0.05) is 22.6 Å². The van der Waals surface area contributed by atoms with Gasteiger partial charge < -0.3 is 10.6 Å². The molecule has 1 fully saturated rings. The second kappa shape index (κ2) is 8.91. The van der Waals surface area contributed by atoms with E-state index < -0.39 is 5.41 Å². The maximum Gasteiger partial charge on any atom is 0.235 e. The number of rotatable bonds is 6. The zero-order valence-corrected chi connectivity index (χ0v) is 16.3. The smallest absolute Gasteiger partial charge is 0.235 e. The quantitative estimate of drug-likeness (QED) is 0.724. The maximum absolute atomic E-state index is 12.5. The fourth-order valence-electron chi connectivity index (χ4n) is 2.97. The van der Waals surface area contributed by atoms with Crippen LogP contribution >= 0.6 is 23.2 Å². The predicted molar refractivity (Wildman–Crippen MR) is 102 cm³/mol. The lowest BCUT2D eigenvalue weighted by molar-refractivity contribution is -0.141. The number of hydrogen-bond acceptors (Lipinski definition) is 2. The maximum atomic E-state index is 12.5. The van der Waals surface area contributed by atoms with Crippen LogP contribution in [0.15, 0.2) is 18.2 Å². The van der Waals surface area contributed by atoms with E-state index in [1.165, 1.54) is 6.42 Å². The molecule has 0 aromatic heterocycles. The molecular formula is C19H26Cl2N2O2. The molecule has 0 unspecified atom stereocenters. The molecule has 1 saturated carbocycles. The first kappa shape index (κ1) is 20.1. The molecule has 2 rings (SSSR count). The van der Waals surface area contributed by atoms with Crippen LogP contribution in [0, 0.1) is 5.41 Å². The molecule has 1 aliphatic rings. The summed E-state index contributed by atoms with van der Waals surface area (Å²) in [6, 6.07) is 5.49. The van der Waals surface area contributed by atoms with E-state index in [-0.39, 0.29) is 17.9 Å². The Labute approximate surface area is 159 Å². The molecule has 0 saturated heterocycles. The van der Waals surface area contributed by atoms with Gasteiger partial charge in [0.15, 0.2) is 0 Å². The average molecular weight is 385 g/mol. The van der Waals surface area contributed by atoms with Crippen molar-refractivity contribution in [3.63, 3.8) is 0 Å². The van der Waals surface area contributed by atoms with Gasteiger partial charge in [0.2, 0.25) is 11.8 Å². The first-order valence-corrected chi connectivity index (χ1v) is 9.59. The molecule has 138 valence electrons. The molecule has 4 nitrogen and oxygen atoms in total. The molecule has 0 radical (unpaired) electrons. The number of carbonyl (C=O) groups is 2. The van der Waals surface area contributed by atoms with Gasteiger partial charge in [0.1, 0.15) is 5.41 Å². The van der Waals surface area contributed by atoms with Gasteiger partial charge in [-0.15, -0.1) is 0 Å². The van der Waals surface area contributed by atoms with Crippen molar-refractivity contribution < 1.29 is 9.59 Å². The lowest BCUT2D eigenvalue weighted by atomic mass is 9.89. The third-order valence-corrected chi connectivity index (χ3v) is 5.36. The van der Waals surface area contributed by atoms with Crippen molar-refractivity contribution in [2.75, 3.05) is 6.54 Å². The molecule has 0 spiro atoms. The third kappa shape index (κ3) is 5.61. The molecule has 0 bridgehead atoms. The van der Waals surface area contributed by atoms with Crippen molar-refractivity contribution >= 4 is 35.0 Å². The van der Waals surface area contributed by atoms with E-state index in [0.29, 0.717) is 23.0 Å². The zero-order valence-electron chi connectivity index (χ0n) is 14.8. The Morgan fingerprint density at radius 2 is 1.80 bits per heavy atom. The molecule has 1 aliphatic carbocycles. The minimum Gasteiger partial charge on any atom is -0.355 e. The van der Waals surface area contributed by atoms with Gasteiger partial charge in [-0.05, 0) is 50.8 Å². The molecule has 0 aliphatic heterocycles. The van der Waals surface area contributed by atoms with Crippen LogP contribution in [0.1, 0.15) is 51.5 Å². The highest BCUT2D eigenvalue weighted by atomic mass is 35.5. The molecule has 1 aromatic carbocycles. The monoisotopic (exact) mass is 384 g/mol. The molecule has 2 amide bonds. The Kier molecular flexibility index (Phi) is 7.14. The predicted octanol–water partition coefficient (Wildman–Crippen LogP) is 4.13. The number of carbonyl (C=O) groups excluding carboxylic acids is 2. The van der Waals surface area contributed by atoms with Crippen molar-refractivity contribution in [1.29, 1.82) is 0 Å². The Balaban J connectivity index is 1.84. The van der Waals surface area contributed by atoms with Crippen molar-refractivity contribution in [2.24, 2.45) is 5.41 Å². The van der Waals surface area contributed by atoms with E-state index in [1.807, 2.05) is 6.07 Å². The molecule has 25 heavy (non-hydrogen) atoms. The number of benzene rings is 1. The molecular weight excluding hydrogens is 359 g/mol. The summed E-state index contributed by atoms with van der Waals surface area (Å²) in [6.45, 7) is 3.74. The van der Waals surface area contributed by atoms with E-state index in [9.17, 15) is 9.59 Å². The highest BCUT2D eigenvalue weighted by molar-refractivity contribution is 6.35. The highest BCUT2D eigenvalue weighted by Gasteiger charge is 2.36. The summed E-state index contributed by atoms with van der Waals surface area (Å²) >= 11 is 12.0. The zero-order chi connectivity index (χ0) is 18.4. The third-order valence-electron chi connectivity index (χ3n) is 4.77. The Morgan fingerprint density at radius 3 is 2.44 bits per heavy atom. The summed E-state index contributed by atoms with van der Waals surface area (Å²) < 4.78 is 0. The van der Waals surface area contributed by atoms with Gasteiger partial charge in [-0.3, -0.25) is 9.59 Å². The molecule has 0 heterocycles. The van der Waals surface area contributed by atoms with Gasteiger partial charge in [0.05, 0.1) is 0 Å². The number of nitrogens with one attached hydrogen (secondary N) is 2. The summed E-state index contributed by atoms with van der Waals surface area (Å²) in [4.78, 5) is 24.9. The Bertz CT molecular complexity index is 626. The average Bonchev–Trinajstić information content (AvgIpc) is 2.57. The largest absolute Gasteiger partial charge is 0.355 e. The van der Waals surface area contributed by atoms with Gasteiger partial charge in [-0.25, -0.2) is 0 Å². The van der Waals surface area contributed by atoms with E-state index in [4.69, 9.17) is 23.2 Å².